The molecule has 2 aromatic rings. The van der Waals surface area contributed by atoms with E-state index in [0.717, 1.165) is 28.9 Å². The van der Waals surface area contributed by atoms with E-state index in [0.29, 0.717) is 25.1 Å². The molecule has 134 valence electrons. The Kier molecular flexibility index (Phi) is 6.39. The number of hydrogen-bond donors (Lipinski definition) is 2. The summed E-state index contributed by atoms with van der Waals surface area (Å²) in [4.78, 5) is 27.3. The fourth-order valence-electron chi connectivity index (χ4n) is 2.90. The molecule has 0 unspecified atom stereocenters. The lowest BCUT2D eigenvalue weighted by Gasteiger charge is -2.07. The largest absolute Gasteiger partial charge is 0.461 e. The third-order valence-corrected chi connectivity index (χ3v) is 4.29. The maximum atomic E-state index is 12.2. The lowest BCUT2D eigenvalue weighted by atomic mass is 10.0. The standard InChI is InChI=1S/C20H26N2O3/c1-5-15-8-7-9-16(12-15)22-18(23)11-10-17-13(3)19(21-14(17)4)20(24)25-6-2/h7-9,12,21H,5-6,10-11H2,1-4H3,(H,22,23). The number of hydrogen-bond acceptors (Lipinski definition) is 3. The molecule has 0 atom stereocenters. The number of carbonyl (C=O) groups excluding carboxylic acids is 2. The molecule has 0 saturated heterocycles. The van der Waals surface area contributed by atoms with Gasteiger partial charge in [0.05, 0.1) is 6.61 Å². The average molecular weight is 342 g/mol. The van der Waals surface area contributed by atoms with Crippen LogP contribution in [0.2, 0.25) is 0 Å². The topological polar surface area (TPSA) is 71.2 Å². The van der Waals surface area contributed by atoms with Gasteiger partial charge in [-0.2, -0.15) is 0 Å². The van der Waals surface area contributed by atoms with Crippen molar-refractivity contribution in [3.05, 3.63) is 52.3 Å². The molecule has 25 heavy (non-hydrogen) atoms. The van der Waals surface area contributed by atoms with Gasteiger partial charge in [-0.1, -0.05) is 19.1 Å². The molecule has 0 aliphatic heterocycles. The first kappa shape index (κ1) is 18.8. The van der Waals surface area contributed by atoms with E-state index in [9.17, 15) is 9.59 Å². The number of esters is 1. The van der Waals surface area contributed by atoms with E-state index in [1.54, 1.807) is 6.92 Å². The number of carbonyl (C=O) groups is 2. The van der Waals surface area contributed by atoms with Crippen molar-refractivity contribution in [2.24, 2.45) is 0 Å². The van der Waals surface area contributed by atoms with Crippen LogP contribution in [0.3, 0.4) is 0 Å². The first-order valence-electron chi connectivity index (χ1n) is 8.70. The molecule has 1 heterocycles. The molecule has 0 bridgehead atoms. The van der Waals surface area contributed by atoms with Gasteiger partial charge in [-0.15, -0.1) is 0 Å². The quantitative estimate of drug-likeness (QED) is 0.749. The molecule has 5 heteroatoms. The van der Waals surface area contributed by atoms with Crippen LogP contribution in [-0.2, 0) is 22.4 Å². The van der Waals surface area contributed by atoms with E-state index in [4.69, 9.17) is 4.74 Å². The summed E-state index contributed by atoms with van der Waals surface area (Å²) >= 11 is 0. The number of amides is 1. The fourth-order valence-corrected chi connectivity index (χ4v) is 2.90. The molecule has 0 spiro atoms. The Bertz CT molecular complexity index is 762. The minimum absolute atomic E-state index is 0.0362. The van der Waals surface area contributed by atoms with Crippen molar-refractivity contribution >= 4 is 17.6 Å². The number of aromatic nitrogens is 1. The van der Waals surface area contributed by atoms with Crippen LogP contribution in [0.4, 0.5) is 5.69 Å². The smallest absolute Gasteiger partial charge is 0.355 e. The van der Waals surface area contributed by atoms with Crippen LogP contribution in [0.5, 0.6) is 0 Å². The first-order valence-corrected chi connectivity index (χ1v) is 8.70. The minimum atomic E-state index is -0.352. The van der Waals surface area contributed by atoms with Crippen molar-refractivity contribution in [3.8, 4) is 0 Å². The lowest BCUT2D eigenvalue weighted by Crippen LogP contribution is -2.13. The van der Waals surface area contributed by atoms with Gasteiger partial charge in [-0.05, 0) is 62.4 Å². The van der Waals surface area contributed by atoms with Crippen molar-refractivity contribution in [2.45, 2.75) is 47.0 Å². The Labute approximate surface area is 148 Å². The molecule has 2 rings (SSSR count). The van der Waals surface area contributed by atoms with Crippen molar-refractivity contribution in [1.82, 2.24) is 4.98 Å². The number of ether oxygens (including phenoxy) is 1. The highest BCUT2D eigenvalue weighted by Gasteiger charge is 2.18. The second kappa shape index (κ2) is 8.51. The average Bonchev–Trinajstić information content (AvgIpc) is 2.87. The number of aromatic amines is 1. The third kappa shape index (κ3) is 4.72. The van der Waals surface area contributed by atoms with Gasteiger partial charge in [0.15, 0.2) is 0 Å². The summed E-state index contributed by atoms with van der Waals surface area (Å²) in [6.07, 6.45) is 1.87. The molecular formula is C20H26N2O3. The van der Waals surface area contributed by atoms with Gasteiger partial charge in [-0.3, -0.25) is 4.79 Å². The minimum Gasteiger partial charge on any atom is -0.461 e. The molecule has 0 aliphatic carbocycles. The number of nitrogens with one attached hydrogen (secondary N) is 2. The van der Waals surface area contributed by atoms with Crippen LogP contribution in [0, 0.1) is 13.8 Å². The fraction of sp³-hybridized carbons (Fsp3) is 0.400. The SMILES string of the molecule is CCOC(=O)c1[nH]c(C)c(CCC(=O)Nc2cccc(CC)c2)c1C. The van der Waals surface area contributed by atoms with Crippen molar-refractivity contribution in [1.29, 1.82) is 0 Å². The van der Waals surface area contributed by atoms with Crippen LogP contribution >= 0.6 is 0 Å². The maximum Gasteiger partial charge on any atom is 0.355 e. The van der Waals surface area contributed by atoms with E-state index in [1.807, 2.05) is 38.1 Å². The summed E-state index contributed by atoms with van der Waals surface area (Å²) in [6, 6.07) is 7.87. The number of benzene rings is 1. The van der Waals surface area contributed by atoms with Crippen molar-refractivity contribution in [2.75, 3.05) is 11.9 Å². The molecule has 0 fully saturated rings. The van der Waals surface area contributed by atoms with Gasteiger partial charge >= 0.3 is 5.97 Å². The number of aryl methyl sites for hydroxylation is 2. The first-order chi connectivity index (χ1) is 12.0. The molecule has 0 saturated carbocycles. The third-order valence-electron chi connectivity index (χ3n) is 4.29. The molecule has 5 nitrogen and oxygen atoms in total. The van der Waals surface area contributed by atoms with Gasteiger partial charge in [0.1, 0.15) is 5.69 Å². The van der Waals surface area contributed by atoms with E-state index < -0.39 is 0 Å². The normalized spacial score (nSPS) is 10.6. The van der Waals surface area contributed by atoms with E-state index in [2.05, 4.69) is 17.2 Å². The predicted molar refractivity (Wildman–Crippen MR) is 99.0 cm³/mol. The molecule has 0 radical (unpaired) electrons. The molecule has 1 aromatic heterocycles. The Morgan fingerprint density at radius 1 is 1.20 bits per heavy atom. The summed E-state index contributed by atoms with van der Waals surface area (Å²) in [6.45, 7) is 7.99. The van der Waals surface area contributed by atoms with Crippen LogP contribution in [0.25, 0.3) is 0 Å². The number of H-pyrrole nitrogens is 1. The molecular weight excluding hydrogens is 316 g/mol. The summed E-state index contributed by atoms with van der Waals surface area (Å²) in [5.41, 5.74) is 5.25. The van der Waals surface area contributed by atoms with Gasteiger partial charge in [0, 0.05) is 17.8 Å². The summed E-state index contributed by atoms with van der Waals surface area (Å²) in [7, 11) is 0. The predicted octanol–water partition coefficient (Wildman–Crippen LogP) is 3.94. The van der Waals surface area contributed by atoms with Crippen molar-refractivity contribution in [3.63, 3.8) is 0 Å². The highest BCUT2D eigenvalue weighted by Crippen LogP contribution is 2.21. The second-order valence-electron chi connectivity index (χ2n) is 6.05. The lowest BCUT2D eigenvalue weighted by molar-refractivity contribution is -0.116. The molecule has 0 aliphatic rings. The number of anilines is 1. The van der Waals surface area contributed by atoms with Gasteiger partial charge in [0.25, 0.3) is 0 Å². The van der Waals surface area contributed by atoms with Crippen LogP contribution in [0.15, 0.2) is 24.3 Å². The van der Waals surface area contributed by atoms with Crippen molar-refractivity contribution < 1.29 is 14.3 Å². The summed E-state index contributed by atoms with van der Waals surface area (Å²) < 4.78 is 5.05. The Balaban J connectivity index is 2.01. The highest BCUT2D eigenvalue weighted by atomic mass is 16.5. The highest BCUT2D eigenvalue weighted by molar-refractivity contribution is 5.91. The zero-order valence-corrected chi connectivity index (χ0v) is 15.4. The Morgan fingerprint density at radius 2 is 1.96 bits per heavy atom. The maximum absolute atomic E-state index is 12.2. The van der Waals surface area contributed by atoms with Crippen LogP contribution in [0.1, 0.15) is 53.1 Å². The Hall–Kier alpha value is -2.56. The summed E-state index contributed by atoms with van der Waals surface area (Å²) in [5, 5.41) is 2.93. The zero-order valence-electron chi connectivity index (χ0n) is 15.4. The molecule has 1 amide bonds. The van der Waals surface area contributed by atoms with E-state index in [1.165, 1.54) is 5.56 Å². The van der Waals surface area contributed by atoms with Crippen LogP contribution in [-0.4, -0.2) is 23.5 Å². The number of rotatable bonds is 7. The second-order valence-corrected chi connectivity index (χ2v) is 6.05. The molecule has 1 aromatic carbocycles. The van der Waals surface area contributed by atoms with E-state index in [-0.39, 0.29) is 11.9 Å². The van der Waals surface area contributed by atoms with Gasteiger partial charge in [-0.25, -0.2) is 4.79 Å². The summed E-state index contributed by atoms with van der Waals surface area (Å²) in [5.74, 6) is -0.388. The van der Waals surface area contributed by atoms with E-state index >= 15 is 0 Å². The van der Waals surface area contributed by atoms with Gasteiger partial charge in [0.2, 0.25) is 5.91 Å². The monoisotopic (exact) mass is 342 g/mol. The molecule has 2 N–H and O–H groups in total. The van der Waals surface area contributed by atoms with Gasteiger partial charge < -0.3 is 15.0 Å². The Morgan fingerprint density at radius 3 is 2.64 bits per heavy atom. The zero-order chi connectivity index (χ0) is 18.4. The van der Waals surface area contributed by atoms with Crippen LogP contribution < -0.4 is 5.32 Å².